The predicted molar refractivity (Wildman–Crippen MR) is 65.7 cm³/mol. The maximum Gasteiger partial charge on any atom is 0.0638 e. The van der Waals surface area contributed by atoms with Crippen LogP contribution in [0.25, 0.3) is 0 Å². The Morgan fingerprint density at radius 3 is 3.00 bits per heavy atom. The summed E-state index contributed by atoms with van der Waals surface area (Å²) in [5, 5.41) is 7.90. The first kappa shape index (κ1) is 11.2. The Morgan fingerprint density at radius 1 is 1.53 bits per heavy atom. The van der Waals surface area contributed by atoms with Crippen molar-refractivity contribution < 1.29 is 4.74 Å². The van der Waals surface area contributed by atoms with Crippen molar-refractivity contribution in [1.29, 1.82) is 0 Å². The SMILES string of the molecule is Cc1nn(C)cc1CNCC1CC2CCC1O2. The zero-order valence-corrected chi connectivity index (χ0v) is 10.6. The van der Waals surface area contributed by atoms with E-state index in [4.69, 9.17) is 4.74 Å². The van der Waals surface area contributed by atoms with Gasteiger partial charge in [0.05, 0.1) is 17.9 Å². The minimum absolute atomic E-state index is 0.530. The molecule has 2 aliphatic rings. The van der Waals surface area contributed by atoms with Gasteiger partial charge in [-0.2, -0.15) is 5.10 Å². The minimum atomic E-state index is 0.530. The van der Waals surface area contributed by atoms with Crippen LogP contribution in [-0.4, -0.2) is 28.5 Å². The lowest BCUT2D eigenvalue weighted by Gasteiger charge is -2.18. The molecule has 3 atom stereocenters. The van der Waals surface area contributed by atoms with Crippen molar-refractivity contribution in [2.75, 3.05) is 6.54 Å². The van der Waals surface area contributed by atoms with Crippen LogP contribution >= 0.6 is 0 Å². The van der Waals surface area contributed by atoms with Gasteiger partial charge in [0.15, 0.2) is 0 Å². The van der Waals surface area contributed by atoms with E-state index >= 15 is 0 Å². The third kappa shape index (κ3) is 2.24. The first-order valence-electron chi connectivity index (χ1n) is 6.57. The number of nitrogens with one attached hydrogen (secondary N) is 1. The van der Waals surface area contributed by atoms with Gasteiger partial charge in [-0.25, -0.2) is 0 Å². The highest BCUT2D eigenvalue weighted by atomic mass is 16.5. The molecule has 0 saturated carbocycles. The average molecular weight is 235 g/mol. The van der Waals surface area contributed by atoms with Crippen LogP contribution in [0.5, 0.6) is 0 Å². The van der Waals surface area contributed by atoms with Gasteiger partial charge in [-0.15, -0.1) is 0 Å². The van der Waals surface area contributed by atoms with E-state index in [0.717, 1.165) is 24.7 Å². The number of aromatic nitrogens is 2. The quantitative estimate of drug-likeness (QED) is 0.857. The summed E-state index contributed by atoms with van der Waals surface area (Å²) >= 11 is 0. The molecular weight excluding hydrogens is 214 g/mol. The Kier molecular flexibility index (Phi) is 2.92. The summed E-state index contributed by atoms with van der Waals surface area (Å²) in [4.78, 5) is 0. The van der Waals surface area contributed by atoms with Crippen LogP contribution in [0, 0.1) is 12.8 Å². The van der Waals surface area contributed by atoms with Crippen molar-refractivity contribution in [3.63, 3.8) is 0 Å². The van der Waals surface area contributed by atoms with E-state index in [-0.39, 0.29) is 0 Å². The molecule has 0 radical (unpaired) electrons. The largest absolute Gasteiger partial charge is 0.375 e. The monoisotopic (exact) mass is 235 g/mol. The molecule has 2 aliphatic heterocycles. The molecule has 2 fully saturated rings. The second-order valence-corrected chi connectivity index (χ2v) is 5.41. The van der Waals surface area contributed by atoms with Crippen molar-refractivity contribution in [1.82, 2.24) is 15.1 Å². The molecule has 0 aliphatic carbocycles. The summed E-state index contributed by atoms with van der Waals surface area (Å²) < 4.78 is 7.74. The number of hydrogen-bond acceptors (Lipinski definition) is 3. The van der Waals surface area contributed by atoms with Crippen LogP contribution in [0.2, 0.25) is 0 Å². The third-order valence-electron chi connectivity index (χ3n) is 4.07. The van der Waals surface area contributed by atoms with E-state index in [1.807, 2.05) is 11.7 Å². The van der Waals surface area contributed by atoms with Crippen LogP contribution in [0.1, 0.15) is 30.5 Å². The maximum atomic E-state index is 5.86. The van der Waals surface area contributed by atoms with E-state index < -0.39 is 0 Å². The summed E-state index contributed by atoms with van der Waals surface area (Å²) in [7, 11) is 1.97. The highest BCUT2D eigenvalue weighted by molar-refractivity contribution is 5.14. The summed E-state index contributed by atoms with van der Waals surface area (Å²) in [6, 6.07) is 0. The molecule has 17 heavy (non-hydrogen) atoms. The van der Waals surface area contributed by atoms with Crippen molar-refractivity contribution in [2.24, 2.45) is 13.0 Å². The zero-order chi connectivity index (χ0) is 11.8. The van der Waals surface area contributed by atoms with Crippen molar-refractivity contribution in [2.45, 2.75) is 44.9 Å². The number of aryl methyl sites for hydroxylation is 2. The van der Waals surface area contributed by atoms with E-state index in [1.54, 1.807) is 0 Å². The molecule has 4 heteroatoms. The maximum absolute atomic E-state index is 5.86. The Morgan fingerprint density at radius 2 is 2.41 bits per heavy atom. The number of rotatable bonds is 4. The predicted octanol–water partition coefficient (Wildman–Crippen LogP) is 1.39. The molecule has 2 bridgehead atoms. The number of ether oxygens (including phenoxy) is 1. The smallest absolute Gasteiger partial charge is 0.0638 e. The molecule has 0 amide bonds. The van der Waals surface area contributed by atoms with Crippen molar-refractivity contribution in [3.8, 4) is 0 Å². The minimum Gasteiger partial charge on any atom is -0.375 e. The zero-order valence-electron chi connectivity index (χ0n) is 10.6. The van der Waals surface area contributed by atoms with Crippen LogP contribution < -0.4 is 5.32 Å². The third-order valence-corrected chi connectivity index (χ3v) is 4.07. The molecule has 0 spiro atoms. The van der Waals surface area contributed by atoms with Gasteiger partial charge in [-0.05, 0) is 26.2 Å². The molecule has 3 heterocycles. The molecule has 2 saturated heterocycles. The Balaban J connectivity index is 1.48. The lowest BCUT2D eigenvalue weighted by molar-refractivity contribution is 0.0924. The van der Waals surface area contributed by atoms with E-state index in [1.165, 1.54) is 24.8 Å². The molecule has 4 nitrogen and oxygen atoms in total. The molecule has 3 unspecified atom stereocenters. The van der Waals surface area contributed by atoms with E-state index in [0.29, 0.717) is 12.2 Å². The average Bonchev–Trinajstić information content (AvgIpc) is 2.95. The summed E-state index contributed by atoms with van der Waals surface area (Å²) in [5.41, 5.74) is 2.43. The molecule has 0 aromatic carbocycles. The topological polar surface area (TPSA) is 39.1 Å². The van der Waals surface area contributed by atoms with Gasteiger partial charge in [0.25, 0.3) is 0 Å². The fraction of sp³-hybridized carbons (Fsp3) is 0.769. The fourth-order valence-electron chi connectivity index (χ4n) is 3.17. The first-order valence-corrected chi connectivity index (χ1v) is 6.57. The van der Waals surface area contributed by atoms with Crippen LogP contribution in [0.3, 0.4) is 0 Å². The Bertz CT molecular complexity index is 401. The fourth-order valence-corrected chi connectivity index (χ4v) is 3.17. The highest BCUT2D eigenvalue weighted by Crippen LogP contribution is 2.38. The van der Waals surface area contributed by atoms with Crippen LogP contribution in [0.4, 0.5) is 0 Å². The standard InChI is InChI=1S/C13H21N3O/c1-9-11(8-16(2)15-9)7-14-6-10-5-12-3-4-13(10)17-12/h8,10,12-14H,3-7H2,1-2H3. The summed E-state index contributed by atoms with van der Waals surface area (Å²) in [6.07, 6.45) is 6.99. The van der Waals surface area contributed by atoms with E-state index in [2.05, 4.69) is 23.5 Å². The summed E-state index contributed by atoms with van der Waals surface area (Å²) in [6.45, 7) is 4.07. The molecule has 3 rings (SSSR count). The van der Waals surface area contributed by atoms with Gasteiger partial charge in [-0.1, -0.05) is 0 Å². The number of fused-ring (bicyclic) bond motifs is 2. The van der Waals surface area contributed by atoms with Gasteiger partial charge < -0.3 is 10.1 Å². The normalized spacial score (nSPS) is 31.3. The second-order valence-electron chi connectivity index (χ2n) is 5.41. The van der Waals surface area contributed by atoms with Gasteiger partial charge in [0, 0.05) is 37.8 Å². The van der Waals surface area contributed by atoms with Gasteiger partial charge in [-0.3, -0.25) is 4.68 Å². The molecule has 1 aromatic rings. The van der Waals surface area contributed by atoms with Crippen molar-refractivity contribution in [3.05, 3.63) is 17.5 Å². The van der Waals surface area contributed by atoms with Crippen LogP contribution in [-0.2, 0) is 18.3 Å². The van der Waals surface area contributed by atoms with Gasteiger partial charge >= 0.3 is 0 Å². The lowest BCUT2D eigenvalue weighted by atomic mass is 9.89. The highest BCUT2D eigenvalue weighted by Gasteiger charge is 2.40. The van der Waals surface area contributed by atoms with Crippen molar-refractivity contribution >= 4 is 0 Å². The second kappa shape index (κ2) is 4.42. The number of hydrogen-bond donors (Lipinski definition) is 1. The Labute approximate surface area is 102 Å². The molecular formula is C13H21N3O. The summed E-state index contributed by atoms with van der Waals surface area (Å²) in [5.74, 6) is 0.728. The Hall–Kier alpha value is -0.870. The van der Waals surface area contributed by atoms with Gasteiger partial charge in [0.2, 0.25) is 0 Å². The lowest BCUT2D eigenvalue weighted by Crippen LogP contribution is -2.29. The molecule has 94 valence electrons. The number of nitrogens with zero attached hydrogens (tertiary/aromatic N) is 2. The molecule has 1 aromatic heterocycles. The van der Waals surface area contributed by atoms with E-state index in [9.17, 15) is 0 Å². The van der Waals surface area contributed by atoms with Gasteiger partial charge in [0.1, 0.15) is 0 Å². The van der Waals surface area contributed by atoms with Crippen LogP contribution in [0.15, 0.2) is 6.20 Å². The molecule has 1 N–H and O–H groups in total. The first-order chi connectivity index (χ1) is 8.22.